The number of nitrogens with one attached hydrogen (secondary N) is 2. The molecule has 0 radical (unpaired) electrons. The molecule has 0 aliphatic carbocycles. The molecule has 0 spiro atoms. The fraction of sp³-hybridized carbons (Fsp3) is 0.462. The molecular weight excluding hydrogens is 248 g/mol. The van der Waals surface area contributed by atoms with Crippen LogP contribution >= 0.6 is 11.8 Å². The van der Waals surface area contributed by atoms with Crippen LogP contribution in [0.4, 0.5) is 5.69 Å². The Balaban J connectivity index is 1.94. The standard InChI is InChI=1S/C13H18N2O2S/c1-17-7-2-5-15-13(16)10-3-4-12-11(9-10)14-6-8-18-12/h3-4,9,14H,2,5-8H2,1H3,(H,15,16). The van der Waals surface area contributed by atoms with Crippen molar-refractivity contribution in [3.05, 3.63) is 23.8 Å². The molecule has 0 unspecified atom stereocenters. The lowest BCUT2D eigenvalue weighted by Gasteiger charge is -2.18. The van der Waals surface area contributed by atoms with Gasteiger partial charge in [-0.25, -0.2) is 0 Å². The van der Waals surface area contributed by atoms with Gasteiger partial charge in [0.25, 0.3) is 5.91 Å². The number of hydrogen-bond acceptors (Lipinski definition) is 4. The lowest BCUT2D eigenvalue weighted by Crippen LogP contribution is -2.25. The van der Waals surface area contributed by atoms with Gasteiger partial charge in [0.15, 0.2) is 0 Å². The van der Waals surface area contributed by atoms with Crippen LogP contribution in [0.5, 0.6) is 0 Å². The highest BCUT2D eigenvalue weighted by Crippen LogP contribution is 2.31. The average molecular weight is 266 g/mol. The van der Waals surface area contributed by atoms with Crippen molar-refractivity contribution >= 4 is 23.4 Å². The second kappa shape index (κ2) is 6.66. The number of carbonyl (C=O) groups is 1. The lowest BCUT2D eigenvalue weighted by atomic mass is 10.2. The SMILES string of the molecule is COCCCNC(=O)c1ccc2c(c1)NCCS2. The van der Waals surface area contributed by atoms with Crippen LogP contribution in [0.2, 0.25) is 0 Å². The van der Waals surface area contributed by atoms with E-state index in [1.807, 2.05) is 30.0 Å². The van der Waals surface area contributed by atoms with Crippen LogP contribution in [0, 0.1) is 0 Å². The molecule has 0 aromatic heterocycles. The van der Waals surface area contributed by atoms with Crippen molar-refractivity contribution in [3.63, 3.8) is 0 Å². The quantitative estimate of drug-likeness (QED) is 0.800. The predicted octanol–water partition coefficient (Wildman–Crippen LogP) is 1.97. The zero-order valence-electron chi connectivity index (χ0n) is 10.5. The molecule has 1 aliphatic heterocycles. The Kier molecular flexibility index (Phi) is 4.90. The summed E-state index contributed by atoms with van der Waals surface area (Å²) in [6, 6.07) is 5.81. The number of amides is 1. The molecule has 98 valence electrons. The first-order valence-corrected chi connectivity index (χ1v) is 7.07. The second-order valence-corrected chi connectivity index (χ2v) is 5.23. The summed E-state index contributed by atoms with van der Waals surface area (Å²) in [6.07, 6.45) is 0.835. The topological polar surface area (TPSA) is 50.4 Å². The maximum absolute atomic E-state index is 11.9. The minimum atomic E-state index is -0.0220. The molecular formula is C13H18N2O2S. The van der Waals surface area contributed by atoms with Gasteiger partial charge in [0.05, 0.1) is 0 Å². The summed E-state index contributed by atoms with van der Waals surface area (Å²) >= 11 is 1.82. The molecule has 5 heteroatoms. The van der Waals surface area contributed by atoms with Crippen LogP contribution in [0.25, 0.3) is 0 Å². The van der Waals surface area contributed by atoms with Crippen molar-refractivity contribution in [1.82, 2.24) is 5.32 Å². The summed E-state index contributed by atoms with van der Waals surface area (Å²) in [6.45, 7) is 2.27. The number of anilines is 1. The Bertz CT molecular complexity index is 423. The molecule has 0 bridgehead atoms. The Morgan fingerprint density at radius 2 is 2.44 bits per heavy atom. The molecule has 1 aliphatic rings. The van der Waals surface area contributed by atoms with E-state index in [-0.39, 0.29) is 5.91 Å². The first-order valence-electron chi connectivity index (χ1n) is 6.09. The van der Waals surface area contributed by atoms with Gasteiger partial charge in [0, 0.05) is 48.7 Å². The third kappa shape index (κ3) is 3.40. The van der Waals surface area contributed by atoms with Crippen LogP contribution in [0.15, 0.2) is 23.1 Å². The van der Waals surface area contributed by atoms with Gasteiger partial charge < -0.3 is 15.4 Å². The highest BCUT2D eigenvalue weighted by Gasteiger charge is 2.12. The van der Waals surface area contributed by atoms with Crippen LogP contribution in [-0.4, -0.2) is 38.5 Å². The fourth-order valence-corrected chi connectivity index (χ4v) is 2.68. The van der Waals surface area contributed by atoms with Crippen molar-refractivity contribution in [2.75, 3.05) is 37.9 Å². The molecule has 0 fully saturated rings. The van der Waals surface area contributed by atoms with E-state index < -0.39 is 0 Å². The molecule has 1 aromatic rings. The zero-order valence-corrected chi connectivity index (χ0v) is 11.3. The monoisotopic (exact) mass is 266 g/mol. The number of benzene rings is 1. The van der Waals surface area contributed by atoms with Gasteiger partial charge in [-0.15, -0.1) is 11.8 Å². The third-order valence-electron chi connectivity index (χ3n) is 2.73. The van der Waals surface area contributed by atoms with E-state index >= 15 is 0 Å². The smallest absolute Gasteiger partial charge is 0.251 e. The lowest BCUT2D eigenvalue weighted by molar-refractivity contribution is 0.0948. The van der Waals surface area contributed by atoms with Gasteiger partial charge >= 0.3 is 0 Å². The molecule has 2 N–H and O–H groups in total. The number of methoxy groups -OCH3 is 1. The summed E-state index contributed by atoms with van der Waals surface area (Å²) in [5.41, 5.74) is 1.77. The van der Waals surface area contributed by atoms with Crippen molar-refractivity contribution in [1.29, 1.82) is 0 Å². The molecule has 1 aromatic carbocycles. The van der Waals surface area contributed by atoms with Gasteiger partial charge in [-0.05, 0) is 24.6 Å². The highest BCUT2D eigenvalue weighted by molar-refractivity contribution is 7.99. The molecule has 0 atom stereocenters. The number of fused-ring (bicyclic) bond motifs is 1. The number of ether oxygens (including phenoxy) is 1. The van der Waals surface area contributed by atoms with Gasteiger partial charge in [0.2, 0.25) is 0 Å². The van der Waals surface area contributed by atoms with Gasteiger partial charge in [0.1, 0.15) is 0 Å². The van der Waals surface area contributed by atoms with E-state index in [0.717, 1.165) is 24.4 Å². The number of hydrogen-bond donors (Lipinski definition) is 2. The van der Waals surface area contributed by atoms with Crippen molar-refractivity contribution in [2.45, 2.75) is 11.3 Å². The maximum atomic E-state index is 11.9. The molecule has 0 saturated heterocycles. The third-order valence-corrected chi connectivity index (χ3v) is 3.80. The normalized spacial score (nSPS) is 13.6. The Morgan fingerprint density at radius 3 is 3.28 bits per heavy atom. The summed E-state index contributed by atoms with van der Waals surface area (Å²) in [7, 11) is 1.66. The van der Waals surface area contributed by atoms with Gasteiger partial charge in [-0.2, -0.15) is 0 Å². The van der Waals surface area contributed by atoms with Crippen molar-refractivity contribution in [3.8, 4) is 0 Å². The van der Waals surface area contributed by atoms with Gasteiger partial charge in [-0.1, -0.05) is 0 Å². The van der Waals surface area contributed by atoms with Crippen LogP contribution in [0.3, 0.4) is 0 Å². The summed E-state index contributed by atoms with van der Waals surface area (Å²) < 4.78 is 4.94. The van der Waals surface area contributed by atoms with E-state index in [4.69, 9.17) is 4.74 Å². The van der Waals surface area contributed by atoms with Crippen LogP contribution < -0.4 is 10.6 Å². The van der Waals surface area contributed by atoms with E-state index in [2.05, 4.69) is 10.6 Å². The minimum Gasteiger partial charge on any atom is -0.385 e. The van der Waals surface area contributed by atoms with E-state index in [0.29, 0.717) is 18.7 Å². The van der Waals surface area contributed by atoms with Gasteiger partial charge in [-0.3, -0.25) is 4.79 Å². The first-order chi connectivity index (χ1) is 8.81. The maximum Gasteiger partial charge on any atom is 0.251 e. The minimum absolute atomic E-state index is 0.0220. The number of carbonyl (C=O) groups excluding carboxylic acids is 1. The average Bonchev–Trinajstić information content (AvgIpc) is 2.43. The first kappa shape index (κ1) is 13.2. The molecule has 2 rings (SSSR count). The second-order valence-electron chi connectivity index (χ2n) is 4.09. The van der Waals surface area contributed by atoms with E-state index in [9.17, 15) is 4.79 Å². The van der Waals surface area contributed by atoms with Crippen molar-refractivity contribution < 1.29 is 9.53 Å². The largest absolute Gasteiger partial charge is 0.385 e. The fourth-order valence-electron chi connectivity index (χ4n) is 1.80. The highest BCUT2D eigenvalue weighted by atomic mass is 32.2. The summed E-state index contributed by atoms with van der Waals surface area (Å²) in [5, 5.41) is 6.20. The van der Waals surface area contributed by atoms with Crippen molar-refractivity contribution in [2.24, 2.45) is 0 Å². The predicted molar refractivity (Wildman–Crippen MR) is 74.5 cm³/mol. The molecule has 1 heterocycles. The molecule has 0 saturated carbocycles. The zero-order chi connectivity index (χ0) is 12.8. The number of thioether (sulfide) groups is 1. The van der Waals surface area contributed by atoms with E-state index in [1.165, 1.54) is 4.90 Å². The molecule has 1 amide bonds. The molecule has 18 heavy (non-hydrogen) atoms. The number of rotatable bonds is 5. The van der Waals surface area contributed by atoms with Crippen LogP contribution in [-0.2, 0) is 4.74 Å². The molecule has 4 nitrogen and oxygen atoms in total. The summed E-state index contributed by atoms with van der Waals surface area (Å²) in [5.74, 6) is 1.06. The Morgan fingerprint density at radius 1 is 1.56 bits per heavy atom. The van der Waals surface area contributed by atoms with E-state index in [1.54, 1.807) is 7.11 Å². The summed E-state index contributed by atoms with van der Waals surface area (Å²) in [4.78, 5) is 13.1. The Labute approximate surface area is 111 Å². The Hall–Kier alpha value is -1.20. The van der Waals surface area contributed by atoms with Crippen LogP contribution in [0.1, 0.15) is 16.8 Å².